The highest BCUT2D eigenvalue weighted by atomic mass is 16.5. The number of hydrogen-bond acceptors (Lipinski definition) is 4. The predicted molar refractivity (Wildman–Crippen MR) is 79.8 cm³/mol. The molecule has 1 aromatic heterocycles. The second-order valence-corrected chi connectivity index (χ2v) is 4.94. The molecule has 0 aliphatic heterocycles. The van der Waals surface area contributed by atoms with E-state index in [1.54, 1.807) is 13.0 Å². The first-order valence-corrected chi connectivity index (χ1v) is 6.37. The van der Waals surface area contributed by atoms with E-state index in [4.69, 9.17) is 0 Å². The lowest BCUT2D eigenvalue weighted by Crippen LogP contribution is -2.30. The Morgan fingerprint density at radius 1 is 1.00 bits per heavy atom. The smallest absolute Gasteiger partial charge is 0.354 e. The van der Waals surface area contributed by atoms with Crippen molar-refractivity contribution in [3.05, 3.63) is 52.9 Å². The number of benzene rings is 1. The Morgan fingerprint density at radius 3 is 2.25 bits per heavy atom. The lowest BCUT2D eigenvalue weighted by molar-refractivity contribution is -0.598. The van der Waals surface area contributed by atoms with Gasteiger partial charge in [-0.25, -0.2) is 4.73 Å². The minimum atomic E-state index is 0.305. The number of hydrogen-bond donors (Lipinski definition) is 0. The SMILES string of the molecule is Cc1cc(C)[n+]([O-])c(N=Nc2ccc(N(C)C)cc2)c1. The van der Waals surface area contributed by atoms with Crippen LogP contribution in [0.5, 0.6) is 0 Å². The first-order valence-electron chi connectivity index (χ1n) is 6.37. The van der Waals surface area contributed by atoms with Gasteiger partial charge in [-0.1, -0.05) is 0 Å². The quantitative estimate of drug-likeness (QED) is 0.487. The zero-order valence-electron chi connectivity index (χ0n) is 12.2. The third-order valence-electron chi connectivity index (χ3n) is 2.96. The molecule has 104 valence electrons. The van der Waals surface area contributed by atoms with E-state index in [1.807, 2.05) is 56.3 Å². The molecular formula is C15H18N4O. The average Bonchev–Trinajstić information content (AvgIpc) is 2.41. The van der Waals surface area contributed by atoms with Crippen LogP contribution < -0.4 is 9.63 Å². The molecule has 1 heterocycles. The average molecular weight is 270 g/mol. The van der Waals surface area contributed by atoms with Crippen LogP contribution in [0.1, 0.15) is 11.3 Å². The van der Waals surface area contributed by atoms with Crippen LogP contribution in [-0.4, -0.2) is 14.1 Å². The van der Waals surface area contributed by atoms with Crippen LogP contribution in [0.25, 0.3) is 0 Å². The summed E-state index contributed by atoms with van der Waals surface area (Å²) in [7, 11) is 3.96. The molecule has 0 aliphatic rings. The van der Waals surface area contributed by atoms with Crippen molar-refractivity contribution in [3.8, 4) is 0 Å². The lowest BCUT2D eigenvalue weighted by Gasteiger charge is -2.11. The van der Waals surface area contributed by atoms with E-state index in [9.17, 15) is 5.21 Å². The zero-order valence-corrected chi connectivity index (χ0v) is 12.2. The van der Waals surface area contributed by atoms with E-state index in [0.717, 1.165) is 21.7 Å². The van der Waals surface area contributed by atoms with Gasteiger partial charge in [-0.05, 0) is 54.9 Å². The summed E-state index contributed by atoms with van der Waals surface area (Å²) in [5.41, 5.74) is 3.41. The van der Waals surface area contributed by atoms with Crippen molar-refractivity contribution in [2.75, 3.05) is 19.0 Å². The summed E-state index contributed by atoms with van der Waals surface area (Å²) in [6.45, 7) is 3.68. The van der Waals surface area contributed by atoms with Gasteiger partial charge in [0.15, 0.2) is 0 Å². The number of pyridine rings is 1. The Hall–Kier alpha value is -2.43. The summed E-state index contributed by atoms with van der Waals surface area (Å²) >= 11 is 0. The molecule has 0 unspecified atom stereocenters. The van der Waals surface area contributed by atoms with Crippen molar-refractivity contribution >= 4 is 17.2 Å². The van der Waals surface area contributed by atoms with E-state index in [1.165, 1.54) is 0 Å². The van der Waals surface area contributed by atoms with E-state index in [2.05, 4.69) is 10.2 Å². The topological polar surface area (TPSA) is 54.9 Å². The van der Waals surface area contributed by atoms with Crippen LogP contribution in [-0.2, 0) is 0 Å². The Balaban J connectivity index is 2.25. The highest BCUT2D eigenvalue weighted by Gasteiger charge is 2.08. The molecule has 0 atom stereocenters. The largest absolute Gasteiger partial charge is 0.710 e. The monoisotopic (exact) mass is 270 g/mol. The Morgan fingerprint density at radius 2 is 1.65 bits per heavy atom. The molecule has 0 saturated carbocycles. The first kappa shape index (κ1) is 14.0. The first-order chi connectivity index (χ1) is 9.47. The number of aromatic nitrogens is 1. The van der Waals surface area contributed by atoms with Crippen molar-refractivity contribution in [1.82, 2.24) is 0 Å². The summed E-state index contributed by atoms with van der Waals surface area (Å²) in [6, 6.07) is 11.2. The molecule has 2 rings (SSSR count). The van der Waals surface area contributed by atoms with Crippen molar-refractivity contribution in [2.45, 2.75) is 13.8 Å². The molecule has 5 heteroatoms. The predicted octanol–water partition coefficient (Wildman–Crippen LogP) is 3.42. The number of anilines is 1. The van der Waals surface area contributed by atoms with Gasteiger partial charge in [-0.3, -0.25) is 0 Å². The van der Waals surface area contributed by atoms with Crippen LogP contribution >= 0.6 is 0 Å². The highest BCUT2D eigenvalue weighted by molar-refractivity contribution is 5.51. The van der Waals surface area contributed by atoms with Crippen LogP contribution in [0.4, 0.5) is 17.2 Å². The minimum Gasteiger partial charge on any atom is -0.710 e. The molecule has 2 aromatic rings. The third kappa shape index (κ3) is 3.12. The number of nitrogens with zero attached hydrogens (tertiary/aromatic N) is 4. The number of rotatable bonds is 3. The molecule has 0 amide bonds. The maximum atomic E-state index is 11.8. The third-order valence-corrected chi connectivity index (χ3v) is 2.96. The van der Waals surface area contributed by atoms with Crippen LogP contribution in [0.15, 0.2) is 46.6 Å². The summed E-state index contributed by atoms with van der Waals surface area (Å²) in [5, 5.41) is 20.0. The standard InChI is InChI=1S/C15H18N4O/c1-11-9-12(2)19(20)15(10-11)17-16-13-5-7-14(8-6-13)18(3)4/h5-10H,1-4H3. The van der Waals surface area contributed by atoms with E-state index >= 15 is 0 Å². The van der Waals surface area contributed by atoms with Crippen LogP contribution in [0.3, 0.4) is 0 Å². The Labute approximate surface area is 118 Å². The van der Waals surface area contributed by atoms with Crippen molar-refractivity contribution in [3.63, 3.8) is 0 Å². The summed E-state index contributed by atoms with van der Waals surface area (Å²) in [5.74, 6) is 0.305. The van der Waals surface area contributed by atoms with Gasteiger partial charge in [0.05, 0.1) is 5.11 Å². The Kier molecular flexibility index (Phi) is 3.98. The summed E-state index contributed by atoms with van der Waals surface area (Å²) in [6.07, 6.45) is 0. The molecule has 0 N–H and O–H groups in total. The normalized spacial score (nSPS) is 11.0. The maximum Gasteiger partial charge on any atom is 0.354 e. The molecule has 0 bridgehead atoms. The van der Waals surface area contributed by atoms with Crippen molar-refractivity contribution in [1.29, 1.82) is 0 Å². The molecular weight excluding hydrogens is 252 g/mol. The van der Waals surface area contributed by atoms with Crippen molar-refractivity contribution < 1.29 is 4.73 Å². The fraction of sp³-hybridized carbons (Fsp3) is 0.267. The van der Waals surface area contributed by atoms with Gasteiger partial charge in [0.25, 0.3) is 0 Å². The van der Waals surface area contributed by atoms with Crippen LogP contribution in [0.2, 0.25) is 0 Å². The number of aryl methyl sites for hydroxylation is 2. The van der Waals surface area contributed by atoms with E-state index < -0.39 is 0 Å². The van der Waals surface area contributed by atoms with Gasteiger partial charge >= 0.3 is 5.82 Å². The lowest BCUT2D eigenvalue weighted by atomic mass is 10.2. The van der Waals surface area contributed by atoms with Gasteiger partial charge in [-0.2, -0.15) is 0 Å². The van der Waals surface area contributed by atoms with Gasteiger partial charge in [0, 0.05) is 25.8 Å². The Bertz CT molecular complexity index is 633. The van der Waals surface area contributed by atoms with Gasteiger partial charge < -0.3 is 10.1 Å². The van der Waals surface area contributed by atoms with Crippen molar-refractivity contribution in [2.24, 2.45) is 10.2 Å². The molecule has 0 aliphatic carbocycles. The molecule has 1 aromatic carbocycles. The van der Waals surface area contributed by atoms with Gasteiger partial charge in [0.1, 0.15) is 11.4 Å². The van der Waals surface area contributed by atoms with E-state index in [0.29, 0.717) is 11.5 Å². The van der Waals surface area contributed by atoms with Gasteiger partial charge in [0.2, 0.25) is 0 Å². The zero-order chi connectivity index (χ0) is 14.7. The summed E-state index contributed by atoms with van der Waals surface area (Å²) in [4.78, 5) is 2.01. The second kappa shape index (κ2) is 5.69. The fourth-order valence-corrected chi connectivity index (χ4v) is 1.87. The number of azo groups is 1. The molecule has 0 radical (unpaired) electrons. The molecule has 0 spiro atoms. The fourth-order valence-electron chi connectivity index (χ4n) is 1.87. The van der Waals surface area contributed by atoms with E-state index in [-0.39, 0.29) is 0 Å². The maximum absolute atomic E-state index is 11.8. The molecule has 0 fully saturated rings. The molecule has 0 saturated heterocycles. The van der Waals surface area contributed by atoms with Crippen LogP contribution in [0, 0.1) is 19.1 Å². The molecule has 20 heavy (non-hydrogen) atoms. The van der Waals surface area contributed by atoms with Gasteiger partial charge in [-0.15, -0.1) is 0 Å². The summed E-state index contributed by atoms with van der Waals surface area (Å²) < 4.78 is 0.782. The molecule has 5 nitrogen and oxygen atoms in total. The minimum absolute atomic E-state index is 0.305. The highest BCUT2D eigenvalue weighted by Crippen LogP contribution is 2.20. The second-order valence-electron chi connectivity index (χ2n) is 4.94.